The van der Waals surface area contributed by atoms with Gasteiger partial charge in [-0.1, -0.05) is 99.4 Å². The van der Waals surface area contributed by atoms with Gasteiger partial charge in [-0.2, -0.15) is 0 Å². The molecule has 0 saturated carbocycles. The minimum absolute atomic E-state index is 0.350. The molecule has 0 aromatic heterocycles. The summed E-state index contributed by atoms with van der Waals surface area (Å²) >= 11 is 0. The Kier molecular flexibility index (Phi) is 6.93. The zero-order chi connectivity index (χ0) is 20.1. The molecule has 28 heavy (non-hydrogen) atoms. The highest BCUT2D eigenvalue weighted by Crippen LogP contribution is 2.46. The van der Waals surface area contributed by atoms with Gasteiger partial charge in [0.05, 0.1) is 0 Å². The lowest BCUT2D eigenvalue weighted by molar-refractivity contribution is -0.111. The first-order valence-corrected chi connectivity index (χ1v) is 14.3. The van der Waals surface area contributed by atoms with E-state index in [9.17, 15) is 4.79 Å². The Morgan fingerprint density at radius 2 is 1.68 bits per heavy atom. The molecular formula is C26H36OSi. The first kappa shape index (κ1) is 21.0. The Morgan fingerprint density at radius 3 is 2.36 bits per heavy atom. The van der Waals surface area contributed by atoms with E-state index in [1.54, 1.807) is 0 Å². The second kappa shape index (κ2) is 9.22. The molecule has 3 rings (SSSR count). The third kappa shape index (κ3) is 4.03. The normalized spacial score (nSPS) is 20.3. The van der Waals surface area contributed by atoms with E-state index in [1.165, 1.54) is 53.6 Å². The minimum Gasteiger partial charge on any atom is -0.289 e. The van der Waals surface area contributed by atoms with Crippen LogP contribution in [-0.2, 0) is 4.79 Å². The van der Waals surface area contributed by atoms with Crippen molar-refractivity contribution in [3.8, 4) is 0 Å². The highest BCUT2D eigenvalue weighted by atomic mass is 28.3. The highest BCUT2D eigenvalue weighted by Gasteiger charge is 2.40. The third-order valence-corrected chi connectivity index (χ3v) is 10.3. The lowest BCUT2D eigenvalue weighted by Gasteiger charge is -2.29. The van der Waals surface area contributed by atoms with Crippen LogP contribution < -0.4 is 5.19 Å². The van der Waals surface area contributed by atoms with Crippen LogP contribution in [0.4, 0.5) is 0 Å². The molecule has 0 atom stereocenters. The summed E-state index contributed by atoms with van der Waals surface area (Å²) < 4.78 is 0. The summed E-state index contributed by atoms with van der Waals surface area (Å²) in [5, 5.41) is 2.95. The van der Waals surface area contributed by atoms with Gasteiger partial charge in [0.2, 0.25) is 0 Å². The van der Waals surface area contributed by atoms with Crippen molar-refractivity contribution in [2.45, 2.75) is 84.7 Å². The van der Waals surface area contributed by atoms with Crippen LogP contribution in [0.15, 0.2) is 63.9 Å². The monoisotopic (exact) mass is 392 g/mol. The van der Waals surface area contributed by atoms with Crippen LogP contribution in [0.1, 0.15) is 71.6 Å². The van der Waals surface area contributed by atoms with Crippen LogP contribution >= 0.6 is 0 Å². The summed E-state index contributed by atoms with van der Waals surface area (Å²) in [7, 11) is -1.88. The van der Waals surface area contributed by atoms with Gasteiger partial charge in [-0.15, -0.1) is 0 Å². The molecule has 0 N–H and O–H groups in total. The average Bonchev–Trinajstić information content (AvgIpc) is 3.26. The molecule has 1 nitrogen and oxygen atoms in total. The zero-order valence-corrected chi connectivity index (χ0v) is 19.2. The number of hydrogen-bond acceptors (Lipinski definition) is 1. The molecule has 0 heterocycles. The Bertz CT molecular complexity index is 808. The van der Waals surface area contributed by atoms with Crippen molar-refractivity contribution >= 4 is 19.0 Å². The van der Waals surface area contributed by atoms with Gasteiger partial charge >= 0.3 is 0 Å². The second-order valence-electron chi connectivity index (χ2n) is 8.85. The number of allylic oxidation sites excluding steroid dienone is 6. The molecule has 1 aromatic rings. The van der Waals surface area contributed by atoms with E-state index in [1.807, 2.05) is 0 Å². The Labute approximate surface area is 172 Å². The number of rotatable bonds is 8. The summed E-state index contributed by atoms with van der Waals surface area (Å²) in [5.74, 6) is 0.350. The summed E-state index contributed by atoms with van der Waals surface area (Å²) in [6.07, 6.45) is 12.5. The lowest BCUT2D eigenvalue weighted by Crippen LogP contribution is -2.45. The Hall–Kier alpha value is -1.67. The second-order valence-corrected chi connectivity index (χ2v) is 13.3. The van der Waals surface area contributed by atoms with Gasteiger partial charge < -0.3 is 0 Å². The van der Waals surface area contributed by atoms with Crippen LogP contribution in [0.2, 0.25) is 13.1 Å². The van der Waals surface area contributed by atoms with E-state index in [2.05, 4.69) is 63.3 Å². The summed E-state index contributed by atoms with van der Waals surface area (Å²) in [6.45, 7) is 9.37. The molecule has 0 aliphatic heterocycles. The van der Waals surface area contributed by atoms with Gasteiger partial charge in [-0.3, -0.25) is 4.79 Å². The van der Waals surface area contributed by atoms with Crippen LogP contribution in [-0.4, -0.2) is 13.9 Å². The number of benzene rings is 1. The van der Waals surface area contributed by atoms with Crippen LogP contribution in [0.5, 0.6) is 0 Å². The standard InChI is InChI=1S/C26H36OSi/c1-5-7-10-16-23-21-17-13-18-22(21)25(26(23)27)24(19-8-6-2)28(3,4)20-14-11-9-12-15-20/h9,11-12,14-16H,5-8,10,13,17-19H2,1-4H3/b23-16+,25-24-. The number of Topliss-reactive ketones (excluding diaryl/α,β-unsaturated/α-hetero) is 1. The molecule has 1 aromatic carbocycles. The van der Waals surface area contributed by atoms with Crippen molar-refractivity contribution < 1.29 is 4.79 Å². The molecule has 0 unspecified atom stereocenters. The van der Waals surface area contributed by atoms with Gasteiger partial charge in [0.25, 0.3) is 0 Å². The first-order valence-electron chi connectivity index (χ1n) is 11.3. The smallest absolute Gasteiger partial charge is 0.192 e. The zero-order valence-electron chi connectivity index (χ0n) is 18.2. The van der Waals surface area contributed by atoms with Crippen molar-refractivity contribution in [1.82, 2.24) is 0 Å². The molecule has 0 fully saturated rings. The van der Waals surface area contributed by atoms with Gasteiger partial charge in [-0.25, -0.2) is 0 Å². The maximum Gasteiger partial charge on any atom is 0.192 e. The molecule has 0 radical (unpaired) electrons. The summed E-state index contributed by atoms with van der Waals surface area (Å²) in [4.78, 5) is 13.7. The van der Waals surface area contributed by atoms with Crippen molar-refractivity contribution in [3.63, 3.8) is 0 Å². The molecular weight excluding hydrogens is 356 g/mol. The quantitative estimate of drug-likeness (QED) is 0.270. The van der Waals surface area contributed by atoms with E-state index in [-0.39, 0.29) is 0 Å². The van der Waals surface area contributed by atoms with Crippen molar-refractivity contribution in [2.75, 3.05) is 0 Å². The lowest BCUT2D eigenvalue weighted by atomic mass is 9.99. The van der Waals surface area contributed by atoms with Crippen LogP contribution in [0.25, 0.3) is 0 Å². The molecule has 0 bridgehead atoms. The topological polar surface area (TPSA) is 17.1 Å². The van der Waals surface area contributed by atoms with Crippen molar-refractivity contribution in [3.05, 3.63) is 63.9 Å². The Morgan fingerprint density at radius 1 is 1.00 bits per heavy atom. The van der Waals surface area contributed by atoms with E-state index in [4.69, 9.17) is 0 Å². The molecule has 150 valence electrons. The molecule has 2 heteroatoms. The van der Waals surface area contributed by atoms with E-state index in [0.29, 0.717) is 5.78 Å². The molecule has 0 amide bonds. The van der Waals surface area contributed by atoms with Crippen molar-refractivity contribution in [1.29, 1.82) is 0 Å². The maximum atomic E-state index is 13.7. The highest BCUT2D eigenvalue weighted by molar-refractivity contribution is 6.96. The maximum absolute atomic E-state index is 13.7. The number of hydrogen-bond donors (Lipinski definition) is 0. The molecule has 2 aliphatic rings. The number of ketones is 1. The van der Waals surface area contributed by atoms with Gasteiger partial charge in [0.15, 0.2) is 5.78 Å². The number of unbranched alkanes of at least 4 members (excludes halogenated alkanes) is 3. The summed E-state index contributed by atoms with van der Waals surface area (Å²) in [5.41, 5.74) is 5.00. The van der Waals surface area contributed by atoms with E-state index < -0.39 is 8.07 Å². The van der Waals surface area contributed by atoms with E-state index in [0.717, 1.165) is 36.8 Å². The predicted molar refractivity (Wildman–Crippen MR) is 124 cm³/mol. The Balaban J connectivity index is 2.12. The SMILES string of the molecule is CCCC/C=C1/C(=O)/C(=C(/CCCC)[Si](C)(C)c2ccccc2)C2=C1CCC2. The number of carbonyl (C=O) groups excluding carboxylic acids is 1. The fourth-order valence-corrected chi connectivity index (χ4v) is 7.91. The average molecular weight is 393 g/mol. The van der Waals surface area contributed by atoms with Gasteiger partial charge in [0, 0.05) is 11.1 Å². The third-order valence-electron chi connectivity index (χ3n) is 6.55. The predicted octanol–water partition coefficient (Wildman–Crippen LogP) is 6.81. The fraction of sp³-hybridized carbons (Fsp3) is 0.500. The van der Waals surface area contributed by atoms with Crippen LogP contribution in [0.3, 0.4) is 0 Å². The van der Waals surface area contributed by atoms with Crippen LogP contribution in [0, 0.1) is 0 Å². The molecule has 2 aliphatic carbocycles. The summed E-state index contributed by atoms with van der Waals surface area (Å²) in [6, 6.07) is 11.0. The van der Waals surface area contributed by atoms with Gasteiger partial charge in [0.1, 0.15) is 8.07 Å². The largest absolute Gasteiger partial charge is 0.289 e. The minimum atomic E-state index is -1.88. The molecule has 0 saturated heterocycles. The van der Waals surface area contributed by atoms with Gasteiger partial charge in [-0.05, 0) is 43.3 Å². The number of carbonyl (C=O) groups is 1. The fourth-order valence-electron chi connectivity index (χ4n) is 4.84. The van der Waals surface area contributed by atoms with Crippen molar-refractivity contribution in [2.24, 2.45) is 0 Å². The molecule has 0 spiro atoms. The first-order chi connectivity index (χ1) is 13.5. The van der Waals surface area contributed by atoms with E-state index >= 15 is 0 Å².